The number of aromatic nitrogens is 1. The third kappa shape index (κ3) is 3.91. The number of hydrogen-bond donors (Lipinski definition) is 1. The fourth-order valence-electron chi connectivity index (χ4n) is 1.84. The number of nitrogens with one attached hydrogen (secondary N) is 1. The molecule has 0 saturated heterocycles. The fraction of sp³-hybridized carbons (Fsp3) is 0.615. The first-order chi connectivity index (χ1) is 7.74. The molecular formula is C13H21N3. The molecule has 88 valence electrons. The molecule has 16 heavy (non-hydrogen) atoms. The minimum atomic E-state index is 0.816. The predicted octanol–water partition coefficient (Wildman–Crippen LogP) is 1.57. The van der Waals surface area contributed by atoms with Crippen LogP contribution in [0.25, 0.3) is 0 Å². The molecule has 1 aliphatic rings. The van der Waals surface area contributed by atoms with Gasteiger partial charge in [-0.2, -0.15) is 0 Å². The Kier molecular flexibility index (Phi) is 3.91. The van der Waals surface area contributed by atoms with Crippen LogP contribution in [0.1, 0.15) is 24.1 Å². The molecule has 1 aromatic heterocycles. The van der Waals surface area contributed by atoms with E-state index in [1.165, 1.54) is 18.4 Å². The van der Waals surface area contributed by atoms with E-state index in [2.05, 4.69) is 34.4 Å². The Bertz CT molecular complexity index is 334. The van der Waals surface area contributed by atoms with Crippen LogP contribution in [0.4, 0.5) is 0 Å². The van der Waals surface area contributed by atoms with Gasteiger partial charge in [0.25, 0.3) is 0 Å². The van der Waals surface area contributed by atoms with Gasteiger partial charge < -0.3 is 10.2 Å². The van der Waals surface area contributed by atoms with Crippen molar-refractivity contribution < 1.29 is 0 Å². The summed E-state index contributed by atoms with van der Waals surface area (Å²) in [5.74, 6) is 0. The van der Waals surface area contributed by atoms with E-state index in [-0.39, 0.29) is 0 Å². The van der Waals surface area contributed by atoms with Crippen molar-refractivity contribution in [2.75, 3.05) is 20.1 Å². The van der Waals surface area contributed by atoms with Gasteiger partial charge in [-0.1, -0.05) is 0 Å². The van der Waals surface area contributed by atoms with E-state index in [0.717, 1.165) is 31.4 Å². The second-order valence-electron chi connectivity index (χ2n) is 4.77. The molecular weight excluding hydrogens is 198 g/mol. The average Bonchev–Trinajstić information content (AvgIpc) is 3.01. The largest absolute Gasteiger partial charge is 0.313 e. The van der Waals surface area contributed by atoms with Gasteiger partial charge in [0, 0.05) is 37.6 Å². The zero-order chi connectivity index (χ0) is 11.4. The van der Waals surface area contributed by atoms with E-state index in [4.69, 9.17) is 0 Å². The molecule has 0 radical (unpaired) electrons. The lowest BCUT2D eigenvalue weighted by Gasteiger charge is -2.17. The molecule has 0 amide bonds. The highest BCUT2D eigenvalue weighted by atomic mass is 15.1. The lowest BCUT2D eigenvalue weighted by Crippen LogP contribution is -2.30. The van der Waals surface area contributed by atoms with Gasteiger partial charge in [-0.05, 0) is 44.5 Å². The fourth-order valence-corrected chi connectivity index (χ4v) is 1.84. The first-order valence-corrected chi connectivity index (χ1v) is 6.07. The van der Waals surface area contributed by atoms with Gasteiger partial charge in [0.15, 0.2) is 0 Å². The van der Waals surface area contributed by atoms with Gasteiger partial charge in [-0.25, -0.2) is 0 Å². The average molecular weight is 219 g/mol. The molecule has 3 nitrogen and oxygen atoms in total. The molecule has 0 aromatic carbocycles. The van der Waals surface area contributed by atoms with Crippen molar-refractivity contribution in [2.24, 2.45) is 0 Å². The molecule has 1 N–H and O–H groups in total. The van der Waals surface area contributed by atoms with Crippen LogP contribution in [0, 0.1) is 6.92 Å². The molecule has 0 unspecified atom stereocenters. The molecule has 0 aliphatic heterocycles. The zero-order valence-corrected chi connectivity index (χ0v) is 10.2. The Morgan fingerprint density at radius 3 is 3.00 bits per heavy atom. The molecule has 0 atom stereocenters. The minimum Gasteiger partial charge on any atom is -0.313 e. The first-order valence-electron chi connectivity index (χ1n) is 6.07. The Morgan fingerprint density at radius 2 is 2.31 bits per heavy atom. The summed E-state index contributed by atoms with van der Waals surface area (Å²) in [7, 11) is 2.17. The van der Waals surface area contributed by atoms with Crippen molar-refractivity contribution in [2.45, 2.75) is 32.4 Å². The summed E-state index contributed by atoms with van der Waals surface area (Å²) in [5, 5.41) is 3.53. The van der Waals surface area contributed by atoms with Crippen molar-refractivity contribution in [1.82, 2.24) is 15.2 Å². The van der Waals surface area contributed by atoms with Crippen LogP contribution < -0.4 is 5.32 Å². The summed E-state index contributed by atoms with van der Waals surface area (Å²) in [5.41, 5.74) is 2.45. The summed E-state index contributed by atoms with van der Waals surface area (Å²) in [6.45, 7) is 5.26. The van der Waals surface area contributed by atoms with Crippen molar-refractivity contribution >= 4 is 0 Å². The predicted molar refractivity (Wildman–Crippen MR) is 66.3 cm³/mol. The van der Waals surface area contributed by atoms with Crippen LogP contribution in [-0.2, 0) is 6.54 Å². The van der Waals surface area contributed by atoms with Crippen molar-refractivity contribution in [3.05, 3.63) is 29.6 Å². The van der Waals surface area contributed by atoms with Crippen LogP contribution in [0.15, 0.2) is 18.3 Å². The van der Waals surface area contributed by atoms with Gasteiger partial charge in [0.05, 0.1) is 0 Å². The second-order valence-corrected chi connectivity index (χ2v) is 4.77. The quantitative estimate of drug-likeness (QED) is 0.787. The topological polar surface area (TPSA) is 28.2 Å². The monoisotopic (exact) mass is 219 g/mol. The number of aryl methyl sites for hydroxylation is 1. The van der Waals surface area contributed by atoms with Crippen LogP contribution in [0.3, 0.4) is 0 Å². The van der Waals surface area contributed by atoms with E-state index >= 15 is 0 Å². The number of rotatable bonds is 6. The third-order valence-corrected chi connectivity index (χ3v) is 2.92. The van der Waals surface area contributed by atoms with Crippen molar-refractivity contribution in [3.8, 4) is 0 Å². The molecule has 3 heteroatoms. The Hall–Kier alpha value is -0.930. The molecule has 2 rings (SSSR count). The zero-order valence-electron chi connectivity index (χ0n) is 10.2. The Labute approximate surface area is 97.9 Å². The van der Waals surface area contributed by atoms with Gasteiger partial charge in [0.2, 0.25) is 0 Å². The maximum Gasteiger partial charge on any atom is 0.0375 e. The standard InChI is InChI=1S/C13H21N3/c1-11-9-12(5-6-14-11)10-16(2)8-7-15-13-3-4-13/h5-6,9,13,15H,3-4,7-8,10H2,1-2H3. The molecule has 1 saturated carbocycles. The third-order valence-electron chi connectivity index (χ3n) is 2.92. The highest BCUT2D eigenvalue weighted by Gasteiger charge is 2.19. The normalized spacial score (nSPS) is 15.7. The number of hydrogen-bond acceptors (Lipinski definition) is 3. The molecule has 0 bridgehead atoms. The van der Waals surface area contributed by atoms with Crippen LogP contribution >= 0.6 is 0 Å². The summed E-state index contributed by atoms with van der Waals surface area (Å²) >= 11 is 0. The van der Waals surface area contributed by atoms with Crippen molar-refractivity contribution in [1.29, 1.82) is 0 Å². The summed E-state index contributed by atoms with van der Waals surface area (Å²) < 4.78 is 0. The number of pyridine rings is 1. The van der Waals surface area contributed by atoms with Crippen LogP contribution in [-0.4, -0.2) is 36.1 Å². The van der Waals surface area contributed by atoms with E-state index in [1.807, 2.05) is 13.1 Å². The molecule has 1 aromatic rings. The Balaban J connectivity index is 1.70. The minimum absolute atomic E-state index is 0.816. The van der Waals surface area contributed by atoms with Gasteiger partial charge in [-0.15, -0.1) is 0 Å². The summed E-state index contributed by atoms with van der Waals surface area (Å²) in [6, 6.07) is 5.07. The maximum absolute atomic E-state index is 4.21. The van der Waals surface area contributed by atoms with Gasteiger partial charge in [-0.3, -0.25) is 4.98 Å². The summed E-state index contributed by atoms with van der Waals surface area (Å²) in [6.07, 6.45) is 4.63. The smallest absolute Gasteiger partial charge is 0.0375 e. The highest BCUT2D eigenvalue weighted by Crippen LogP contribution is 2.18. The lowest BCUT2D eigenvalue weighted by atomic mass is 10.2. The maximum atomic E-state index is 4.21. The second kappa shape index (κ2) is 5.41. The highest BCUT2D eigenvalue weighted by molar-refractivity contribution is 5.15. The van der Waals surface area contributed by atoms with E-state index in [9.17, 15) is 0 Å². The van der Waals surface area contributed by atoms with E-state index in [1.54, 1.807) is 0 Å². The SMILES string of the molecule is Cc1cc(CN(C)CCNC2CC2)ccn1. The number of likely N-dealkylation sites (N-methyl/N-ethyl adjacent to an activating group) is 1. The summed E-state index contributed by atoms with van der Waals surface area (Å²) in [4.78, 5) is 6.56. The van der Waals surface area contributed by atoms with Crippen molar-refractivity contribution in [3.63, 3.8) is 0 Å². The number of nitrogens with zero attached hydrogens (tertiary/aromatic N) is 2. The lowest BCUT2D eigenvalue weighted by molar-refractivity contribution is 0.324. The van der Waals surface area contributed by atoms with Gasteiger partial charge >= 0.3 is 0 Å². The Morgan fingerprint density at radius 1 is 1.50 bits per heavy atom. The van der Waals surface area contributed by atoms with E-state index in [0.29, 0.717) is 0 Å². The molecule has 0 spiro atoms. The van der Waals surface area contributed by atoms with E-state index < -0.39 is 0 Å². The van der Waals surface area contributed by atoms with Crippen LogP contribution in [0.2, 0.25) is 0 Å². The van der Waals surface area contributed by atoms with Gasteiger partial charge in [0.1, 0.15) is 0 Å². The molecule has 1 aliphatic carbocycles. The van der Waals surface area contributed by atoms with Crippen LogP contribution in [0.5, 0.6) is 0 Å². The molecule has 1 heterocycles. The first kappa shape index (κ1) is 11.6. The molecule has 1 fully saturated rings.